The van der Waals surface area contributed by atoms with Crippen molar-refractivity contribution in [1.29, 1.82) is 0 Å². The fourth-order valence-corrected chi connectivity index (χ4v) is 2.41. The maximum absolute atomic E-state index is 12.4. The van der Waals surface area contributed by atoms with Crippen LogP contribution in [0.2, 0.25) is 0 Å². The van der Waals surface area contributed by atoms with E-state index in [0.29, 0.717) is 11.1 Å². The standard InChI is InChI=1S/C17H13N3O4/c21-16(18-13-5-3-6-14(10-13)20(23)24)11-19-9-8-12-4-1-2-7-15(12)17(19)22/h1-10H,11H2,(H,18,21). The molecule has 1 aromatic heterocycles. The van der Waals surface area contributed by atoms with Gasteiger partial charge in [0, 0.05) is 29.4 Å². The summed E-state index contributed by atoms with van der Waals surface area (Å²) in [5, 5.41) is 14.6. The predicted molar refractivity (Wildman–Crippen MR) is 89.9 cm³/mol. The van der Waals surface area contributed by atoms with Gasteiger partial charge in [0.25, 0.3) is 11.2 Å². The third-order valence-electron chi connectivity index (χ3n) is 3.54. The van der Waals surface area contributed by atoms with E-state index in [1.807, 2.05) is 12.1 Å². The number of aromatic nitrogens is 1. The number of anilines is 1. The van der Waals surface area contributed by atoms with Gasteiger partial charge in [-0.1, -0.05) is 24.3 Å². The molecule has 1 N–H and O–H groups in total. The van der Waals surface area contributed by atoms with Crippen molar-refractivity contribution < 1.29 is 9.72 Å². The maximum Gasteiger partial charge on any atom is 0.271 e. The molecule has 0 aliphatic rings. The van der Waals surface area contributed by atoms with Crippen LogP contribution in [0.5, 0.6) is 0 Å². The molecule has 3 rings (SSSR count). The molecular formula is C17H13N3O4. The van der Waals surface area contributed by atoms with Gasteiger partial charge in [-0.15, -0.1) is 0 Å². The van der Waals surface area contributed by atoms with E-state index in [4.69, 9.17) is 0 Å². The molecule has 3 aromatic rings. The number of amides is 1. The molecule has 2 aromatic carbocycles. The monoisotopic (exact) mass is 323 g/mol. The highest BCUT2D eigenvalue weighted by Gasteiger charge is 2.10. The Bertz CT molecular complexity index is 994. The van der Waals surface area contributed by atoms with Crippen molar-refractivity contribution in [3.63, 3.8) is 0 Å². The molecule has 7 nitrogen and oxygen atoms in total. The highest BCUT2D eigenvalue weighted by atomic mass is 16.6. The lowest BCUT2D eigenvalue weighted by Crippen LogP contribution is -2.27. The second kappa shape index (κ2) is 6.33. The van der Waals surface area contributed by atoms with E-state index in [1.165, 1.54) is 22.8 Å². The lowest BCUT2D eigenvalue weighted by Gasteiger charge is -2.08. The van der Waals surface area contributed by atoms with Crippen LogP contribution in [0.4, 0.5) is 11.4 Å². The van der Waals surface area contributed by atoms with E-state index in [0.717, 1.165) is 5.39 Å². The number of fused-ring (bicyclic) bond motifs is 1. The number of hydrogen-bond acceptors (Lipinski definition) is 4. The molecule has 24 heavy (non-hydrogen) atoms. The van der Waals surface area contributed by atoms with Gasteiger partial charge in [0.05, 0.1) is 4.92 Å². The molecule has 0 bridgehead atoms. The number of benzene rings is 2. The smallest absolute Gasteiger partial charge is 0.271 e. The molecule has 0 spiro atoms. The zero-order chi connectivity index (χ0) is 17.1. The SMILES string of the molecule is O=C(Cn1ccc2ccccc2c1=O)Nc1cccc([N+](=O)[O-])c1. The van der Waals surface area contributed by atoms with Crippen LogP contribution in [0.3, 0.4) is 0 Å². The van der Waals surface area contributed by atoms with Crippen LogP contribution in [0.1, 0.15) is 0 Å². The second-order valence-corrected chi connectivity index (χ2v) is 5.19. The van der Waals surface area contributed by atoms with Crippen molar-refractivity contribution in [3.05, 3.63) is 81.3 Å². The van der Waals surface area contributed by atoms with Crippen LogP contribution >= 0.6 is 0 Å². The number of carbonyl (C=O) groups excluding carboxylic acids is 1. The van der Waals surface area contributed by atoms with Gasteiger partial charge in [0.15, 0.2) is 0 Å². The Labute approximate surface area is 136 Å². The number of rotatable bonds is 4. The number of nitro groups is 1. The van der Waals surface area contributed by atoms with E-state index in [1.54, 1.807) is 30.5 Å². The molecule has 0 saturated carbocycles. The van der Waals surface area contributed by atoms with Gasteiger partial charge in [-0.25, -0.2) is 0 Å². The summed E-state index contributed by atoms with van der Waals surface area (Å²) < 4.78 is 1.30. The van der Waals surface area contributed by atoms with Crippen LogP contribution in [0.15, 0.2) is 65.6 Å². The largest absolute Gasteiger partial charge is 0.324 e. The molecular weight excluding hydrogens is 310 g/mol. The normalized spacial score (nSPS) is 10.5. The summed E-state index contributed by atoms with van der Waals surface area (Å²) in [5.74, 6) is -0.437. The highest BCUT2D eigenvalue weighted by molar-refractivity contribution is 5.91. The Kier molecular flexibility index (Phi) is 4.07. The molecule has 1 heterocycles. The van der Waals surface area contributed by atoms with Crippen LogP contribution in [-0.2, 0) is 11.3 Å². The minimum atomic E-state index is -0.538. The van der Waals surface area contributed by atoms with Crippen molar-refractivity contribution in [3.8, 4) is 0 Å². The fraction of sp³-hybridized carbons (Fsp3) is 0.0588. The molecule has 1 amide bonds. The lowest BCUT2D eigenvalue weighted by molar-refractivity contribution is -0.384. The van der Waals surface area contributed by atoms with Crippen LogP contribution in [0, 0.1) is 10.1 Å². The number of pyridine rings is 1. The molecule has 0 saturated heterocycles. The first kappa shape index (κ1) is 15.4. The van der Waals surface area contributed by atoms with Crippen molar-refractivity contribution in [2.75, 3.05) is 5.32 Å². The Balaban J connectivity index is 1.80. The van der Waals surface area contributed by atoms with E-state index in [2.05, 4.69) is 5.32 Å². The van der Waals surface area contributed by atoms with Gasteiger partial charge in [-0.05, 0) is 23.6 Å². The van der Waals surface area contributed by atoms with Gasteiger partial charge in [0.2, 0.25) is 5.91 Å². The average Bonchev–Trinajstić information content (AvgIpc) is 2.58. The molecule has 0 unspecified atom stereocenters. The molecule has 120 valence electrons. The third-order valence-corrected chi connectivity index (χ3v) is 3.54. The van der Waals surface area contributed by atoms with Crippen molar-refractivity contribution in [1.82, 2.24) is 4.57 Å². The van der Waals surface area contributed by atoms with Crippen molar-refractivity contribution in [2.45, 2.75) is 6.54 Å². The van der Waals surface area contributed by atoms with Gasteiger partial charge in [-0.2, -0.15) is 0 Å². The number of nitrogens with one attached hydrogen (secondary N) is 1. The van der Waals surface area contributed by atoms with Crippen LogP contribution in [0.25, 0.3) is 10.8 Å². The minimum absolute atomic E-state index is 0.115. The number of hydrogen-bond donors (Lipinski definition) is 1. The molecule has 0 atom stereocenters. The summed E-state index contributed by atoms with van der Waals surface area (Å²) in [6.07, 6.45) is 1.55. The fourth-order valence-electron chi connectivity index (χ4n) is 2.41. The number of non-ortho nitro benzene ring substituents is 1. The quantitative estimate of drug-likeness (QED) is 0.589. The van der Waals surface area contributed by atoms with E-state index >= 15 is 0 Å². The van der Waals surface area contributed by atoms with Gasteiger partial charge in [-0.3, -0.25) is 19.7 Å². The lowest BCUT2D eigenvalue weighted by atomic mass is 10.2. The first-order valence-corrected chi connectivity index (χ1v) is 7.17. The Hall–Kier alpha value is -3.48. The molecule has 0 aliphatic carbocycles. The Morgan fingerprint density at radius 2 is 1.92 bits per heavy atom. The number of nitro benzene ring substituents is 1. The molecule has 7 heteroatoms. The van der Waals surface area contributed by atoms with Gasteiger partial charge >= 0.3 is 0 Å². The maximum atomic E-state index is 12.4. The molecule has 0 aliphatic heterocycles. The average molecular weight is 323 g/mol. The van der Waals surface area contributed by atoms with Crippen LogP contribution < -0.4 is 10.9 Å². The molecule has 0 radical (unpaired) electrons. The van der Waals surface area contributed by atoms with Gasteiger partial charge < -0.3 is 9.88 Å². The second-order valence-electron chi connectivity index (χ2n) is 5.19. The summed E-state index contributed by atoms with van der Waals surface area (Å²) in [4.78, 5) is 34.7. The first-order valence-electron chi connectivity index (χ1n) is 7.17. The predicted octanol–water partition coefficient (Wildman–Crippen LogP) is 2.55. The van der Waals surface area contributed by atoms with E-state index < -0.39 is 10.8 Å². The topological polar surface area (TPSA) is 94.2 Å². The summed E-state index contributed by atoms with van der Waals surface area (Å²) in [6.45, 7) is -0.174. The summed E-state index contributed by atoms with van der Waals surface area (Å²) in [6, 6.07) is 14.5. The van der Waals surface area contributed by atoms with Crippen molar-refractivity contribution >= 4 is 28.1 Å². The summed E-state index contributed by atoms with van der Waals surface area (Å²) in [7, 11) is 0. The highest BCUT2D eigenvalue weighted by Crippen LogP contribution is 2.17. The zero-order valence-corrected chi connectivity index (χ0v) is 12.5. The molecule has 0 fully saturated rings. The Morgan fingerprint density at radius 1 is 1.12 bits per heavy atom. The summed E-state index contributed by atoms with van der Waals surface area (Å²) >= 11 is 0. The zero-order valence-electron chi connectivity index (χ0n) is 12.5. The van der Waals surface area contributed by atoms with Crippen LogP contribution in [-0.4, -0.2) is 15.4 Å². The summed E-state index contributed by atoms with van der Waals surface area (Å²) in [5.41, 5.74) is -0.0685. The number of carbonyl (C=O) groups is 1. The van der Waals surface area contributed by atoms with Crippen molar-refractivity contribution in [2.24, 2.45) is 0 Å². The first-order chi connectivity index (χ1) is 11.5. The van der Waals surface area contributed by atoms with Gasteiger partial charge in [0.1, 0.15) is 6.54 Å². The third kappa shape index (κ3) is 3.14. The number of nitrogens with zero attached hydrogens (tertiary/aromatic N) is 2. The van der Waals surface area contributed by atoms with E-state index in [9.17, 15) is 19.7 Å². The van der Waals surface area contributed by atoms with E-state index in [-0.39, 0.29) is 17.8 Å². The Morgan fingerprint density at radius 3 is 2.71 bits per heavy atom. The minimum Gasteiger partial charge on any atom is -0.324 e.